The van der Waals surface area contributed by atoms with Crippen LogP contribution in [0.15, 0.2) is 18.2 Å². The van der Waals surface area contributed by atoms with Gasteiger partial charge in [-0.3, -0.25) is 4.79 Å². The van der Waals surface area contributed by atoms with Crippen LogP contribution in [0.25, 0.3) is 0 Å². The molecule has 90 valence electrons. The van der Waals surface area contributed by atoms with Crippen molar-refractivity contribution < 1.29 is 4.79 Å². The van der Waals surface area contributed by atoms with Gasteiger partial charge in [-0.1, -0.05) is 39.8 Å². The van der Waals surface area contributed by atoms with E-state index in [0.717, 1.165) is 11.1 Å². The lowest BCUT2D eigenvalue weighted by atomic mass is 9.98. The average molecular weight is 221 g/mol. The highest BCUT2D eigenvalue weighted by Gasteiger charge is 2.08. The number of nitrogens with one attached hydrogen (secondary N) is 1. The van der Waals surface area contributed by atoms with Crippen LogP contribution in [0.4, 0.5) is 0 Å². The third kappa shape index (κ3) is 3.69. The van der Waals surface area contributed by atoms with Gasteiger partial charge in [0.15, 0.2) is 0 Å². The number of amides is 1. The number of hydrogen-bond donors (Lipinski definition) is 1. The summed E-state index contributed by atoms with van der Waals surface area (Å²) in [7, 11) is 1.65. The van der Waals surface area contributed by atoms with Gasteiger partial charge < -0.3 is 5.32 Å². The number of rotatable bonds is 2. The molecule has 0 aliphatic heterocycles. The van der Waals surface area contributed by atoms with Gasteiger partial charge >= 0.3 is 0 Å². The largest absolute Gasteiger partial charge is 0.355 e. The van der Waals surface area contributed by atoms with Gasteiger partial charge in [0.1, 0.15) is 0 Å². The Bertz CT molecular complexity index is 343. The quantitative estimate of drug-likeness (QED) is 0.813. The molecule has 0 aliphatic rings. The van der Waals surface area contributed by atoms with Gasteiger partial charge in [-0.15, -0.1) is 0 Å². The molecule has 0 heterocycles. The van der Waals surface area contributed by atoms with Crippen molar-refractivity contribution in [2.24, 2.45) is 0 Å². The molecular formula is C14H23NO. The molecule has 2 heteroatoms. The molecule has 0 saturated carbocycles. The molecule has 1 amide bonds. The second-order valence-electron chi connectivity index (χ2n) is 3.81. The molecule has 0 spiro atoms. The highest BCUT2D eigenvalue weighted by molar-refractivity contribution is 5.95. The van der Waals surface area contributed by atoms with E-state index in [1.165, 1.54) is 5.56 Å². The van der Waals surface area contributed by atoms with Crippen molar-refractivity contribution in [3.8, 4) is 0 Å². The molecule has 1 aromatic carbocycles. The Balaban J connectivity index is 0.00000106. The third-order valence-electron chi connectivity index (χ3n) is 2.39. The molecule has 0 radical (unpaired) electrons. The van der Waals surface area contributed by atoms with Crippen LogP contribution in [0.1, 0.15) is 55.1 Å². The van der Waals surface area contributed by atoms with E-state index in [1.807, 2.05) is 32.9 Å². The standard InChI is InChI=1S/C12H17NO.C2H6/c1-8(2)10-5-6-11(9(3)7-10)12(14)13-4;1-2/h5-8H,1-4H3,(H,13,14);1-2H3. The normalized spacial score (nSPS) is 9.44. The second kappa shape index (κ2) is 7.04. The number of carbonyl (C=O) groups is 1. The molecular weight excluding hydrogens is 198 g/mol. The van der Waals surface area contributed by atoms with E-state index in [9.17, 15) is 4.79 Å². The minimum atomic E-state index is -0.0159. The molecule has 1 aromatic rings. The van der Waals surface area contributed by atoms with Gasteiger partial charge in [0.25, 0.3) is 5.91 Å². The average Bonchev–Trinajstić information content (AvgIpc) is 2.30. The molecule has 0 atom stereocenters. The van der Waals surface area contributed by atoms with Gasteiger partial charge in [-0.2, -0.15) is 0 Å². The first-order valence-electron chi connectivity index (χ1n) is 5.89. The van der Waals surface area contributed by atoms with E-state index in [4.69, 9.17) is 0 Å². The third-order valence-corrected chi connectivity index (χ3v) is 2.39. The van der Waals surface area contributed by atoms with Crippen molar-refractivity contribution in [3.63, 3.8) is 0 Å². The first-order valence-corrected chi connectivity index (χ1v) is 5.89. The van der Waals surface area contributed by atoms with E-state index < -0.39 is 0 Å². The molecule has 0 aromatic heterocycles. The first kappa shape index (κ1) is 14.7. The molecule has 16 heavy (non-hydrogen) atoms. The summed E-state index contributed by atoms with van der Waals surface area (Å²) in [5.41, 5.74) is 3.07. The van der Waals surface area contributed by atoms with Crippen LogP contribution in [0.3, 0.4) is 0 Å². The molecule has 0 saturated heterocycles. The monoisotopic (exact) mass is 221 g/mol. The predicted octanol–water partition coefficient (Wildman–Crippen LogP) is 3.50. The highest BCUT2D eigenvalue weighted by atomic mass is 16.1. The number of benzene rings is 1. The van der Waals surface area contributed by atoms with Crippen molar-refractivity contribution in [3.05, 3.63) is 34.9 Å². The Morgan fingerprint density at radius 3 is 2.19 bits per heavy atom. The van der Waals surface area contributed by atoms with Gasteiger partial charge in [0.05, 0.1) is 0 Å². The van der Waals surface area contributed by atoms with Gasteiger partial charge in [0, 0.05) is 12.6 Å². The molecule has 2 nitrogen and oxygen atoms in total. The van der Waals surface area contributed by atoms with Crippen LogP contribution >= 0.6 is 0 Å². The summed E-state index contributed by atoms with van der Waals surface area (Å²) in [6, 6.07) is 5.99. The van der Waals surface area contributed by atoms with Crippen molar-refractivity contribution in [2.45, 2.75) is 40.5 Å². The van der Waals surface area contributed by atoms with Crippen LogP contribution in [0.5, 0.6) is 0 Å². The SMILES string of the molecule is CC.CNC(=O)c1ccc(C(C)C)cc1C. The smallest absolute Gasteiger partial charge is 0.251 e. The van der Waals surface area contributed by atoms with E-state index in [2.05, 4.69) is 25.2 Å². The summed E-state index contributed by atoms with van der Waals surface area (Å²) in [5.74, 6) is 0.491. The number of hydrogen-bond acceptors (Lipinski definition) is 1. The summed E-state index contributed by atoms with van der Waals surface area (Å²) >= 11 is 0. The Morgan fingerprint density at radius 2 is 1.81 bits per heavy atom. The number of aryl methyl sites for hydroxylation is 1. The Morgan fingerprint density at radius 1 is 1.25 bits per heavy atom. The van der Waals surface area contributed by atoms with Crippen molar-refractivity contribution >= 4 is 5.91 Å². The van der Waals surface area contributed by atoms with Crippen LogP contribution in [0.2, 0.25) is 0 Å². The Kier molecular flexibility index (Phi) is 6.47. The van der Waals surface area contributed by atoms with E-state index >= 15 is 0 Å². The van der Waals surface area contributed by atoms with Gasteiger partial charge in [-0.25, -0.2) is 0 Å². The van der Waals surface area contributed by atoms with Crippen molar-refractivity contribution in [1.29, 1.82) is 0 Å². The predicted molar refractivity (Wildman–Crippen MR) is 70.0 cm³/mol. The first-order chi connectivity index (χ1) is 7.56. The summed E-state index contributed by atoms with van der Waals surface area (Å²) in [6.45, 7) is 10.3. The molecule has 0 bridgehead atoms. The van der Waals surface area contributed by atoms with Crippen molar-refractivity contribution in [1.82, 2.24) is 5.32 Å². The van der Waals surface area contributed by atoms with Crippen molar-refractivity contribution in [2.75, 3.05) is 7.05 Å². The summed E-state index contributed by atoms with van der Waals surface area (Å²) in [4.78, 5) is 11.4. The van der Waals surface area contributed by atoms with Crippen LogP contribution in [0, 0.1) is 6.92 Å². The lowest BCUT2D eigenvalue weighted by molar-refractivity contribution is 0.0962. The minimum absolute atomic E-state index is 0.0159. The molecule has 1 N–H and O–H groups in total. The van der Waals surface area contributed by atoms with E-state index in [0.29, 0.717) is 5.92 Å². The summed E-state index contributed by atoms with van der Waals surface area (Å²) in [6.07, 6.45) is 0. The zero-order valence-corrected chi connectivity index (χ0v) is 11.2. The lowest BCUT2D eigenvalue weighted by Gasteiger charge is -2.09. The number of carbonyl (C=O) groups excluding carboxylic acids is 1. The maximum absolute atomic E-state index is 11.4. The van der Waals surface area contributed by atoms with E-state index in [1.54, 1.807) is 7.05 Å². The molecule has 1 rings (SSSR count). The molecule has 0 aliphatic carbocycles. The Hall–Kier alpha value is -1.31. The topological polar surface area (TPSA) is 29.1 Å². The van der Waals surface area contributed by atoms with E-state index in [-0.39, 0.29) is 5.91 Å². The fourth-order valence-corrected chi connectivity index (χ4v) is 1.44. The summed E-state index contributed by atoms with van der Waals surface area (Å²) < 4.78 is 0. The van der Waals surface area contributed by atoms with Crippen LogP contribution < -0.4 is 5.32 Å². The highest BCUT2D eigenvalue weighted by Crippen LogP contribution is 2.18. The zero-order valence-electron chi connectivity index (χ0n) is 11.2. The fraction of sp³-hybridized carbons (Fsp3) is 0.500. The second-order valence-corrected chi connectivity index (χ2v) is 3.81. The maximum atomic E-state index is 11.4. The minimum Gasteiger partial charge on any atom is -0.355 e. The van der Waals surface area contributed by atoms with Crippen LogP contribution in [-0.2, 0) is 0 Å². The molecule has 0 fully saturated rings. The maximum Gasteiger partial charge on any atom is 0.251 e. The lowest BCUT2D eigenvalue weighted by Crippen LogP contribution is -2.18. The van der Waals surface area contributed by atoms with Gasteiger partial charge in [-0.05, 0) is 30.0 Å². The summed E-state index contributed by atoms with van der Waals surface area (Å²) in [5, 5.41) is 2.63. The van der Waals surface area contributed by atoms with Crippen LogP contribution in [-0.4, -0.2) is 13.0 Å². The Labute approximate surface area is 99.1 Å². The zero-order chi connectivity index (χ0) is 12.7. The fourth-order valence-electron chi connectivity index (χ4n) is 1.44. The van der Waals surface area contributed by atoms with Gasteiger partial charge in [0.2, 0.25) is 0 Å². The molecule has 0 unspecified atom stereocenters.